The highest BCUT2D eigenvalue weighted by Crippen LogP contribution is 2.35. The van der Waals surface area contributed by atoms with Crippen LogP contribution in [0.1, 0.15) is 17.5 Å². The van der Waals surface area contributed by atoms with E-state index in [1.165, 1.54) is 10.5 Å². The molecule has 1 fully saturated rings. The molecule has 2 aliphatic rings. The van der Waals surface area contributed by atoms with E-state index in [0.717, 1.165) is 12.0 Å². The lowest BCUT2D eigenvalue weighted by molar-refractivity contribution is -0.123. The van der Waals surface area contributed by atoms with E-state index in [4.69, 9.17) is 14.2 Å². The summed E-state index contributed by atoms with van der Waals surface area (Å²) in [4.78, 5) is 29.1. The third kappa shape index (κ3) is 3.42. The van der Waals surface area contributed by atoms with Gasteiger partial charge in [0.2, 0.25) is 5.91 Å². The summed E-state index contributed by atoms with van der Waals surface area (Å²) in [7, 11) is 4.81. The number of benzene rings is 2. The van der Waals surface area contributed by atoms with Gasteiger partial charge in [-0.2, -0.15) is 0 Å². The lowest BCUT2D eigenvalue weighted by atomic mass is 9.97. The molecule has 0 spiro atoms. The maximum atomic E-state index is 13.1. The van der Waals surface area contributed by atoms with Crippen LogP contribution in [0.25, 0.3) is 0 Å². The molecule has 1 atom stereocenters. The van der Waals surface area contributed by atoms with Crippen LogP contribution in [0.3, 0.4) is 0 Å². The predicted octanol–water partition coefficient (Wildman–Crippen LogP) is 2.40. The minimum absolute atomic E-state index is 0.177. The molecule has 0 aliphatic carbocycles. The molecule has 2 aliphatic heterocycles. The van der Waals surface area contributed by atoms with E-state index in [0.29, 0.717) is 36.0 Å². The van der Waals surface area contributed by atoms with Crippen molar-refractivity contribution in [3.05, 3.63) is 47.5 Å². The van der Waals surface area contributed by atoms with E-state index in [9.17, 15) is 9.59 Å². The highest BCUT2D eigenvalue weighted by molar-refractivity contribution is 6.22. The Hall–Kier alpha value is -3.06. The molecule has 4 rings (SSSR count). The number of amides is 2. The Morgan fingerprint density at radius 3 is 2.17 bits per heavy atom. The summed E-state index contributed by atoms with van der Waals surface area (Å²) in [5, 5.41) is 0. The fourth-order valence-electron chi connectivity index (χ4n) is 4.07. The van der Waals surface area contributed by atoms with Gasteiger partial charge in [-0.15, -0.1) is 0 Å². The first kappa shape index (κ1) is 19.3. The third-order valence-electron chi connectivity index (χ3n) is 5.64. The van der Waals surface area contributed by atoms with Crippen LogP contribution in [0.15, 0.2) is 36.4 Å². The molecule has 7 heteroatoms. The van der Waals surface area contributed by atoms with Crippen molar-refractivity contribution in [2.24, 2.45) is 0 Å². The number of nitrogens with zero attached hydrogens (tertiary/aromatic N) is 2. The van der Waals surface area contributed by atoms with Crippen LogP contribution in [0.2, 0.25) is 0 Å². The van der Waals surface area contributed by atoms with Crippen molar-refractivity contribution in [3.63, 3.8) is 0 Å². The van der Waals surface area contributed by atoms with Gasteiger partial charge in [0.05, 0.1) is 39.5 Å². The van der Waals surface area contributed by atoms with Crippen molar-refractivity contribution in [2.45, 2.75) is 25.4 Å². The van der Waals surface area contributed by atoms with Crippen molar-refractivity contribution in [3.8, 4) is 17.2 Å². The zero-order valence-electron chi connectivity index (χ0n) is 16.8. The number of hydrogen-bond acceptors (Lipinski definition) is 6. The number of carbonyl (C=O) groups excluding carboxylic acids is 2. The van der Waals surface area contributed by atoms with Crippen LogP contribution >= 0.6 is 0 Å². The SMILES string of the molecule is COc1ccc(N2C(=O)C[C@H](N3CCc4cc(OC)c(OC)cc4C3)C2=O)cc1. The van der Waals surface area contributed by atoms with Gasteiger partial charge in [0.25, 0.3) is 5.91 Å². The maximum absolute atomic E-state index is 13.1. The Kier molecular flexibility index (Phi) is 5.15. The summed E-state index contributed by atoms with van der Waals surface area (Å²) in [6, 6.07) is 10.5. The minimum Gasteiger partial charge on any atom is -0.497 e. The summed E-state index contributed by atoms with van der Waals surface area (Å²) in [6.45, 7) is 1.30. The van der Waals surface area contributed by atoms with E-state index in [1.54, 1.807) is 45.6 Å². The first-order valence-electron chi connectivity index (χ1n) is 9.54. The van der Waals surface area contributed by atoms with E-state index >= 15 is 0 Å². The summed E-state index contributed by atoms with van der Waals surface area (Å²) in [5.74, 6) is 1.70. The van der Waals surface area contributed by atoms with E-state index < -0.39 is 6.04 Å². The van der Waals surface area contributed by atoms with Crippen LogP contribution in [0.5, 0.6) is 17.2 Å². The molecule has 0 aromatic heterocycles. The van der Waals surface area contributed by atoms with Gasteiger partial charge in [-0.05, 0) is 53.9 Å². The Labute approximate surface area is 169 Å². The fraction of sp³-hybridized carbons (Fsp3) is 0.364. The van der Waals surface area contributed by atoms with Crippen LogP contribution in [0.4, 0.5) is 5.69 Å². The van der Waals surface area contributed by atoms with Gasteiger partial charge in [0.1, 0.15) is 5.75 Å². The van der Waals surface area contributed by atoms with Gasteiger partial charge >= 0.3 is 0 Å². The lowest BCUT2D eigenvalue weighted by Crippen LogP contribution is -2.44. The van der Waals surface area contributed by atoms with Crippen LogP contribution in [-0.2, 0) is 22.6 Å². The first-order valence-corrected chi connectivity index (χ1v) is 9.54. The monoisotopic (exact) mass is 396 g/mol. The highest BCUT2D eigenvalue weighted by atomic mass is 16.5. The molecule has 152 valence electrons. The molecule has 0 N–H and O–H groups in total. The zero-order valence-corrected chi connectivity index (χ0v) is 16.8. The largest absolute Gasteiger partial charge is 0.497 e. The minimum atomic E-state index is -0.453. The molecule has 1 saturated heterocycles. The quantitative estimate of drug-likeness (QED) is 0.723. The van der Waals surface area contributed by atoms with E-state index in [2.05, 4.69) is 4.90 Å². The Bertz CT molecular complexity index is 941. The van der Waals surface area contributed by atoms with Gasteiger partial charge in [-0.3, -0.25) is 14.5 Å². The van der Waals surface area contributed by atoms with Crippen molar-refractivity contribution in [1.82, 2.24) is 4.90 Å². The third-order valence-corrected chi connectivity index (χ3v) is 5.64. The van der Waals surface area contributed by atoms with Crippen molar-refractivity contribution < 1.29 is 23.8 Å². The first-order chi connectivity index (χ1) is 14.0. The van der Waals surface area contributed by atoms with Crippen LogP contribution < -0.4 is 19.1 Å². The molecule has 0 bridgehead atoms. The van der Waals surface area contributed by atoms with Crippen molar-refractivity contribution >= 4 is 17.5 Å². The number of imide groups is 1. The molecule has 2 aromatic carbocycles. The molecule has 0 unspecified atom stereocenters. The van der Waals surface area contributed by atoms with Gasteiger partial charge in [-0.1, -0.05) is 0 Å². The van der Waals surface area contributed by atoms with Crippen molar-refractivity contribution in [1.29, 1.82) is 0 Å². The Morgan fingerprint density at radius 2 is 1.55 bits per heavy atom. The fourth-order valence-corrected chi connectivity index (χ4v) is 4.07. The number of ether oxygens (including phenoxy) is 3. The highest BCUT2D eigenvalue weighted by Gasteiger charge is 2.43. The molecule has 2 aromatic rings. The average molecular weight is 396 g/mol. The normalized spacial score (nSPS) is 19.3. The second-order valence-electron chi connectivity index (χ2n) is 7.18. The second-order valence-corrected chi connectivity index (χ2v) is 7.18. The standard InChI is InChI=1S/C22H24N2O5/c1-27-17-6-4-16(5-7-17)24-21(25)12-18(22(24)26)23-9-8-14-10-19(28-2)20(29-3)11-15(14)13-23/h4-7,10-11,18H,8-9,12-13H2,1-3H3/t18-/m0/s1. The maximum Gasteiger partial charge on any atom is 0.251 e. The van der Waals surface area contributed by atoms with Crippen LogP contribution in [-0.4, -0.2) is 50.6 Å². The molecular formula is C22H24N2O5. The smallest absolute Gasteiger partial charge is 0.251 e. The summed E-state index contributed by atoms with van der Waals surface area (Å²) in [5.41, 5.74) is 2.85. The summed E-state index contributed by atoms with van der Waals surface area (Å²) >= 11 is 0. The zero-order chi connectivity index (χ0) is 20.5. The summed E-state index contributed by atoms with van der Waals surface area (Å²) in [6.07, 6.45) is 0.976. The van der Waals surface area contributed by atoms with E-state index in [1.807, 2.05) is 12.1 Å². The number of anilines is 1. The molecule has 7 nitrogen and oxygen atoms in total. The number of carbonyl (C=O) groups is 2. The van der Waals surface area contributed by atoms with Gasteiger partial charge in [-0.25, -0.2) is 4.90 Å². The summed E-state index contributed by atoms with van der Waals surface area (Å²) < 4.78 is 16.0. The molecule has 2 amide bonds. The lowest BCUT2D eigenvalue weighted by Gasteiger charge is -2.32. The topological polar surface area (TPSA) is 68.3 Å². The number of hydrogen-bond donors (Lipinski definition) is 0. The van der Waals surface area contributed by atoms with Crippen molar-refractivity contribution in [2.75, 3.05) is 32.8 Å². The number of fused-ring (bicyclic) bond motifs is 1. The number of rotatable bonds is 5. The second kappa shape index (κ2) is 7.75. The molecule has 2 heterocycles. The molecule has 0 radical (unpaired) electrons. The molecular weight excluding hydrogens is 372 g/mol. The Morgan fingerprint density at radius 1 is 0.897 bits per heavy atom. The predicted molar refractivity (Wildman–Crippen MR) is 108 cm³/mol. The van der Waals surface area contributed by atoms with E-state index in [-0.39, 0.29) is 18.2 Å². The molecule has 0 saturated carbocycles. The van der Waals surface area contributed by atoms with Gasteiger partial charge in [0.15, 0.2) is 11.5 Å². The average Bonchev–Trinajstić information content (AvgIpc) is 3.06. The van der Waals surface area contributed by atoms with Gasteiger partial charge < -0.3 is 14.2 Å². The Balaban J connectivity index is 1.55. The van der Waals surface area contributed by atoms with Crippen LogP contribution in [0, 0.1) is 0 Å². The molecule has 29 heavy (non-hydrogen) atoms. The van der Waals surface area contributed by atoms with Gasteiger partial charge in [0, 0.05) is 13.1 Å². The number of methoxy groups -OCH3 is 3.